The van der Waals surface area contributed by atoms with E-state index >= 15 is 0 Å². The van der Waals surface area contributed by atoms with Crippen molar-refractivity contribution in [3.8, 4) is 0 Å². The molecule has 0 saturated carbocycles. The molecule has 0 bridgehead atoms. The van der Waals surface area contributed by atoms with Crippen LogP contribution in [0.1, 0.15) is 5.56 Å². The van der Waals surface area contributed by atoms with Crippen LogP contribution in [0.4, 0.5) is 0 Å². The van der Waals surface area contributed by atoms with Gasteiger partial charge in [-0.25, -0.2) is 0 Å². The maximum Gasteiger partial charge on any atom is 0.274 e. The van der Waals surface area contributed by atoms with Crippen LogP contribution in [0.5, 0.6) is 0 Å². The van der Waals surface area contributed by atoms with Crippen LogP contribution in [-0.4, -0.2) is 36.2 Å². The van der Waals surface area contributed by atoms with E-state index in [0.29, 0.717) is 24.0 Å². The Labute approximate surface area is 111 Å². The van der Waals surface area contributed by atoms with Gasteiger partial charge in [-0.3, -0.25) is 10.1 Å². The Morgan fingerprint density at radius 2 is 2.11 bits per heavy atom. The summed E-state index contributed by atoms with van der Waals surface area (Å²) in [4.78, 5) is 13.6. The van der Waals surface area contributed by atoms with Gasteiger partial charge >= 0.3 is 0 Å². The maximum absolute atomic E-state index is 11.8. The van der Waals surface area contributed by atoms with Gasteiger partial charge in [0.1, 0.15) is 5.70 Å². The Kier molecular flexibility index (Phi) is 4.07. The van der Waals surface area contributed by atoms with Crippen molar-refractivity contribution < 1.29 is 9.53 Å². The van der Waals surface area contributed by atoms with Crippen molar-refractivity contribution in [2.75, 3.05) is 20.3 Å². The van der Waals surface area contributed by atoms with Crippen LogP contribution >= 0.6 is 12.2 Å². The Hall–Kier alpha value is -1.72. The minimum Gasteiger partial charge on any atom is -0.383 e. The van der Waals surface area contributed by atoms with Crippen LogP contribution in [0.3, 0.4) is 0 Å². The van der Waals surface area contributed by atoms with Crippen molar-refractivity contribution >= 4 is 29.3 Å². The third kappa shape index (κ3) is 2.75. The molecular weight excluding hydrogens is 248 g/mol. The van der Waals surface area contributed by atoms with Gasteiger partial charge in [0, 0.05) is 13.7 Å². The Morgan fingerprint density at radius 1 is 1.39 bits per heavy atom. The van der Waals surface area contributed by atoms with Gasteiger partial charge in [0.25, 0.3) is 5.91 Å². The number of ether oxygens (including phenoxy) is 1. The zero-order valence-corrected chi connectivity index (χ0v) is 10.9. The molecule has 1 amide bonds. The average Bonchev–Trinajstić information content (AvgIpc) is 2.63. The van der Waals surface area contributed by atoms with Gasteiger partial charge in [0.2, 0.25) is 0 Å². The van der Waals surface area contributed by atoms with Gasteiger partial charge in [-0.05, 0) is 23.9 Å². The number of carbonyl (C=O) groups is 1. The number of hydrogen-bond acceptors (Lipinski definition) is 3. The molecule has 5 heteroatoms. The second-order valence-electron chi connectivity index (χ2n) is 3.84. The molecule has 1 N–H and O–H groups in total. The molecule has 94 valence electrons. The number of rotatable bonds is 4. The molecule has 1 aromatic rings. The summed E-state index contributed by atoms with van der Waals surface area (Å²) in [5.74, 6) is -0.167. The lowest BCUT2D eigenvalue weighted by Crippen LogP contribution is -2.30. The molecule has 18 heavy (non-hydrogen) atoms. The van der Waals surface area contributed by atoms with Crippen LogP contribution in [0, 0.1) is 0 Å². The molecule has 1 aliphatic rings. The second kappa shape index (κ2) is 5.75. The Morgan fingerprint density at radius 3 is 2.78 bits per heavy atom. The van der Waals surface area contributed by atoms with Gasteiger partial charge in [-0.15, -0.1) is 0 Å². The monoisotopic (exact) mass is 262 g/mol. The first-order valence-electron chi connectivity index (χ1n) is 5.61. The molecule has 0 spiro atoms. The van der Waals surface area contributed by atoms with Crippen molar-refractivity contribution in [1.82, 2.24) is 10.2 Å². The summed E-state index contributed by atoms with van der Waals surface area (Å²) in [6.07, 6.45) is 1.82. The molecule has 1 aromatic carbocycles. The molecule has 0 atom stereocenters. The lowest BCUT2D eigenvalue weighted by Gasteiger charge is -2.16. The van der Waals surface area contributed by atoms with E-state index in [1.807, 2.05) is 36.4 Å². The molecule has 1 fully saturated rings. The largest absolute Gasteiger partial charge is 0.383 e. The summed E-state index contributed by atoms with van der Waals surface area (Å²) >= 11 is 5.12. The fraction of sp³-hybridized carbons (Fsp3) is 0.231. The predicted octanol–water partition coefficient (Wildman–Crippen LogP) is 1.39. The number of carbonyl (C=O) groups excluding carboxylic acids is 1. The number of thiocarbonyl (C=S) groups is 1. The van der Waals surface area contributed by atoms with Gasteiger partial charge in [0.15, 0.2) is 5.11 Å². The molecule has 0 radical (unpaired) electrons. The van der Waals surface area contributed by atoms with Crippen LogP contribution < -0.4 is 5.32 Å². The van der Waals surface area contributed by atoms with Crippen molar-refractivity contribution in [2.24, 2.45) is 0 Å². The first kappa shape index (κ1) is 12.7. The first-order chi connectivity index (χ1) is 8.72. The van der Waals surface area contributed by atoms with Crippen LogP contribution in [0.15, 0.2) is 36.0 Å². The van der Waals surface area contributed by atoms with E-state index in [1.165, 1.54) is 0 Å². The fourth-order valence-corrected chi connectivity index (χ4v) is 2.00. The van der Waals surface area contributed by atoms with E-state index in [1.54, 1.807) is 12.0 Å². The van der Waals surface area contributed by atoms with Crippen molar-refractivity contribution in [3.63, 3.8) is 0 Å². The summed E-state index contributed by atoms with van der Waals surface area (Å²) in [5, 5.41) is 3.07. The van der Waals surface area contributed by atoms with E-state index in [2.05, 4.69) is 5.32 Å². The highest BCUT2D eigenvalue weighted by Crippen LogP contribution is 2.16. The van der Waals surface area contributed by atoms with Crippen LogP contribution in [0.2, 0.25) is 0 Å². The first-order valence-corrected chi connectivity index (χ1v) is 6.01. The maximum atomic E-state index is 11.8. The molecule has 1 heterocycles. The zero-order valence-electron chi connectivity index (χ0n) is 10.1. The van der Waals surface area contributed by atoms with E-state index in [9.17, 15) is 4.79 Å². The summed E-state index contributed by atoms with van der Waals surface area (Å²) in [6, 6.07) is 9.67. The van der Waals surface area contributed by atoms with Crippen molar-refractivity contribution in [2.45, 2.75) is 0 Å². The predicted molar refractivity (Wildman–Crippen MR) is 73.7 cm³/mol. The number of benzene rings is 1. The zero-order chi connectivity index (χ0) is 13.0. The fourth-order valence-electron chi connectivity index (χ4n) is 1.72. The number of amides is 1. The highest BCUT2D eigenvalue weighted by molar-refractivity contribution is 7.80. The lowest BCUT2D eigenvalue weighted by atomic mass is 10.2. The molecule has 1 saturated heterocycles. The normalized spacial score (nSPS) is 17.4. The van der Waals surface area contributed by atoms with E-state index in [4.69, 9.17) is 17.0 Å². The Balaban J connectivity index is 2.25. The summed E-state index contributed by atoms with van der Waals surface area (Å²) in [7, 11) is 1.62. The van der Waals surface area contributed by atoms with Crippen molar-refractivity contribution in [1.29, 1.82) is 0 Å². The number of hydrogen-bond donors (Lipinski definition) is 1. The minimum absolute atomic E-state index is 0.167. The van der Waals surface area contributed by atoms with Crippen LogP contribution in [0.25, 0.3) is 6.08 Å². The molecule has 1 aliphatic heterocycles. The SMILES string of the molecule is COCCN1C(=S)NC(=O)/C1=C\c1ccccc1. The average molecular weight is 262 g/mol. The molecule has 0 unspecified atom stereocenters. The van der Waals surface area contributed by atoms with Crippen LogP contribution in [-0.2, 0) is 9.53 Å². The molecular formula is C13H14N2O2S. The lowest BCUT2D eigenvalue weighted by molar-refractivity contribution is -0.115. The second-order valence-corrected chi connectivity index (χ2v) is 4.23. The van der Waals surface area contributed by atoms with Gasteiger partial charge in [-0.1, -0.05) is 30.3 Å². The van der Waals surface area contributed by atoms with Gasteiger partial charge in [-0.2, -0.15) is 0 Å². The highest BCUT2D eigenvalue weighted by Gasteiger charge is 2.29. The molecule has 0 aromatic heterocycles. The molecule has 4 nitrogen and oxygen atoms in total. The van der Waals surface area contributed by atoms with Gasteiger partial charge < -0.3 is 9.64 Å². The topological polar surface area (TPSA) is 41.6 Å². The highest BCUT2D eigenvalue weighted by atomic mass is 32.1. The molecule has 0 aliphatic carbocycles. The third-order valence-electron chi connectivity index (χ3n) is 2.61. The van der Waals surface area contributed by atoms with E-state index in [0.717, 1.165) is 5.56 Å². The Bertz CT molecular complexity index is 485. The van der Waals surface area contributed by atoms with E-state index < -0.39 is 0 Å². The number of nitrogens with one attached hydrogen (secondary N) is 1. The smallest absolute Gasteiger partial charge is 0.274 e. The minimum atomic E-state index is -0.167. The standard InChI is InChI=1S/C13H14N2O2S/c1-17-8-7-15-11(12(16)14-13(15)18)9-10-5-3-2-4-6-10/h2-6,9H,7-8H2,1H3,(H,14,16,18)/b11-9+. The summed E-state index contributed by atoms with van der Waals surface area (Å²) in [6.45, 7) is 1.08. The van der Waals surface area contributed by atoms with E-state index in [-0.39, 0.29) is 5.91 Å². The molecule has 2 rings (SSSR count). The van der Waals surface area contributed by atoms with Crippen molar-refractivity contribution in [3.05, 3.63) is 41.6 Å². The number of nitrogens with zero attached hydrogens (tertiary/aromatic N) is 1. The quantitative estimate of drug-likeness (QED) is 0.657. The summed E-state index contributed by atoms with van der Waals surface area (Å²) < 4.78 is 5.02. The summed E-state index contributed by atoms with van der Waals surface area (Å²) in [5.41, 5.74) is 1.53. The number of methoxy groups -OCH3 is 1. The third-order valence-corrected chi connectivity index (χ3v) is 2.93. The van der Waals surface area contributed by atoms with Gasteiger partial charge in [0.05, 0.1) is 6.61 Å².